The molecule has 1 heterocycles. The maximum Gasteiger partial charge on any atom is 0.305 e. The third-order valence-electron chi connectivity index (χ3n) is 3.39. The third kappa shape index (κ3) is 2.47. The van der Waals surface area contributed by atoms with Gasteiger partial charge in [-0.25, -0.2) is 4.68 Å². The van der Waals surface area contributed by atoms with Gasteiger partial charge in [0, 0.05) is 5.56 Å². The summed E-state index contributed by atoms with van der Waals surface area (Å²) in [5.41, 5.74) is 0.906. The van der Waals surface area contributed by atoms with E-state index in [9.17, 15) is 4.79 Å². The summed E-state index contributed by atoms with van der Waals surface area (Å²) >= 11 is 0. The molecule has 6 nitrogen and oxygen atoms in total. The summed E-state index contributed by atoms with van der Waals surface area (Å²) in [6.07, 6.45) is 2.16. The summed E-state index contributed by atoms with van der Waals surface area (Å²) < 4.78 is 1.67. The highest BCUT2D eigenvalue weighted by molar-refractivity contribution is 5.67. The van der Waals surface area contributed by atoms with Crippen LogP contribution in [0.2, 0.25) is 0 Å². The molecule has 1 saturated carbocycles. The summed E-state index contributed by atoms with van der Waals surface area (Å²) in [4.78, 5) is 11.0. The molecule has 0 amide bonds. The van der Waals surface area contributed by atoms with E-state index in [1.807, 2.05) is 30.3 Å². The predicted octanol–water partition coefficient (Wildman–Crippen LogP) is 1.77. The number of aromatic nitrogens is 4. The van der Waals surface area contributed by atoms with Gasteiger partial charge in [0.1, 0.15) is 0 Å². The van der Waals surface area contributed by atoms with Crippen LogP contribution in [-0.4, -0.2) is 31.3 Å². The quantitative estimate of drug-likeness (QED) is 0.883. The molecule has 98 valence electrons. The lowest BCUT2D eigenvalue weighted by Crippen LogP contribution is -2.18. The van der Waals surface area contributed by atoms with Crippen molar-refractivity contribution in [3.63, 3.8) is 0 Å². The highest BCUT2D eigenvalue weighted by Gasteiger charge is 2.36. The van der Waals surface area contributed by atoms with Gasteiger partial charge in [-0.1, -0.05) is 30.3 Å². The monoisotopic (exact) mass is 258 g/mol. The first-order valence-corrected chi connectivity index (χ1v) is 6.31. The van der Waals surface area contributed by atoms with Crippen LogP contribution in [0.3, 0.4) is 0 Å². The first kappa shape index (κ1) is 11.8. The van der Waals surface area contributed by atoms with E-state index in [4.69, 9.17) is 5.11 Å². The molecule has 1 aromatic carbocycles. The molecule has 1 atom stereocenters. The molecule has 0 spiro atoms. The zero-order valence-electron chi connectivity index (χ0n) is 10.3. The number of nitrogens with zero attached hydrogens (tertiary/aromatic N) is 4. The zero-order chi connectivity index (χ0) is 13.2. The molecular weight excluding hydrogens is 244 g/mol. The summed E-state index contributed by atoms with van der Waals surface area (Å²) in [5.74, 6) is 0.201. The second-order valence-electron chi connectivity index (χ2n) is 4.82. The minimum absolute atomic E-state index is 0.0650. The molecular formula is C13H14N4O2. The Balaban J connectivity index is 1.96. The van der Waals surface area contributed by atoms with Crippen molar-refractivity contribution in [3.05, 3.63) is 30.3 Å². The Morgan fingerprint density at radius 1 is 1.37 bits per heavy atom. The van der Waals surface area contributed by atoms with Crippen LogP contribution in [0.1, 0.15) is 25.3 Å². The van der Waals surface area contributed by atoms with E-state index in [1.165, 1.54) is 0 Å². The van der Waals surface area contributed by atoms with Gasteiger partial charge in [0.25, 0.3) is 0 Å². The lowest BCUT2D eigenvalue weighted by molar-refractivity contribution is -0.138. The lowest BCUT2D eigenvalue weighted by Gasteiger charge is -2.15. The van der Waals surface area contributed by atoms with Gasteiger partial charge in [0.05, 0.1) is 12.5 Å². The molecule has 1 fully saturated rings. The molecule has 3 rings (SSSR count). The fourth-order valence-electron chi connectivity index (χ4n) is 2.31. The molecule has 6 heteroatoms. The number of carbonyl (C=O) groups is 1. The minimum Gasteiger partial charge on any atom is -0.481 e. The molecule has 2 aromatic rings. The molecule has 1 aliphatic carbocycles. The van der Waals surface area contributed by atoms with Crippen LogP contribution in [0.15, 0.2) is 30.3 Å². The number of tetrazole rings is 1. The van der Waals surface area contributed by atoms with Crippen molar-refractivity contribution in [2.75, 3.05) is 0 Å². The number of rotatable bonds is 5. The van der Waals surface area contributed by atoms with E-state index < -0.39 is 5.97 Å². The van der Waals surface area contributed by atoms with Crippen molar-refractivity contribution in [2.45, 2.75) is 25.3 Å². The van der Waals surface area contributed by atoms with Gasteiger partial charge in [0.15, 0.2) is 5.82 Å². The lowest BCUT2D eigenvalue weighted by atomic mass is 10.1. The molecule has 0 radical (unpaired) electrons. The third-order valence-corrected chi connectivity index (χ3v) is 3.39. The van der Waals surface area contributed by atoms with Crippen molar-refractivity contribution >= 4 is 5.97 Å². The largest absolute Gasteiger partial charge is 0.481 e. The zero-order valence-corrected chi connectivity index (χ0v) is 10.3. The van der Waals surface area contributed by atoms with E-state index in [0.29, 0.717) is 11.7 Å². The predicted molar refractivity (Wildman–Crippen MR) is 67.3 cm³/mol. The van der Waals surface area contributed by atoms with Gasteiger partial charge in [-0.3, -0.25) is 4.79 Å². The highest BCUT2D eigenvalue weighted by Crippen LogP contribution is 2.42. The fourth-order valence-corrected chi connectivity index (χ4v) is 2.31. The van der Waals surface area contributed by atoms with Crippen LogP contribution < -0.4 is 0 Å². The molecule has 0 aliphatic heterocycles. The summed E-state index contributed by atoms with van der Waals surface area (Å²) in [5, 5.41) is 20.8. The van der Waals surface area contributed by atoms with Crippen LogP contribution in [0.5, 0.6) is 0 Å². The Morgan fingerprint density at radius 2 is 2.11 bits per heavy atom. The number of carboxylic acid groups (broad SMARTS) is 1. The average molecular weight is 258 g/mol. The Kier molecular flexibility index (Phi) is 2.98. The minimum atomic E-state index is -0.814. The van der Waals surface area contributed by atoms with Crippen molar-refractivity contribution in [2.24, 2.45) is 5.92 Å². The van der Waals surface area contributed by atoms with Crippen molar-refractivity contribution < 1.29 is 9.90 Å². The Bertz CT molecular complexity index is 577. The maximum atomic E-state index is 11.0. The number of benzene rings is 1. The molecule has 1 unspecified atom stereocenters. The SMILES string of the molecule is O=C(O)CC(C1CC1)n1nnnc1-c1ccccc1. The molecule has 19 heavy (non-hydrogen) atoms. The Morgan fingerprint density at radius 3 is 2.74 bits per heavy atom. The van der Waals surface area contributed by atoms with Crippen LogP contribution in [-0.2, 0) is 4.79 Å². The van der Waals surface area contributed by atoms with Crippen LogP contribution in [0.4, 0.5) is 0 Å². The normalized spacial score (nSPS) is 16.2. The van der Waals surface area contributed by atoms with E-state index >= 15 is 0 Å². The highest BCUT2D eigenvalue weighted by atomic mass is 16.4. The number of carboxylic acids is 1. The average Bonchev–Trinajstić information content (AvgIpc) is 3.14. The molecule has 1 N–H and O–H groups in total. The van der Waals surface area contributed by atoms with Gasteiger partial charge >= 0.3 is 5.97 Å². The topological polar surface area (TPSA) is 80.9 Å². The van der Waals surface area contributed by atoms with Gasteiger partial charge in [0.2, 0.25) is 0 Å². The van der Waals surface area contributed by atoms with Gasteiger partial charge in [-0.05, 0) is 29.2 Å². The van der Waals surface area contributed by atoms with Crippen molar-refractivity contribution in [1.82, 2.24) is 20.2 Å². The van der Waals surface area contributed by atoms with Crippen molar-refractivity contribution in [1.29, 1.82) is 0 Å². The summed E-state index contributed by atoms with van der Waals surface area (Å²) in [6.45, 7) is 0. The standard InChI is InChI=1S/C13H14N4O2/c18-12(19)8-11(9-6-7-9)17-13(14-15-16-17)10-4-2-1-3-5-10/h1-5,9,11H,6-8H2,(H,18,19). The summed E-state index contributed by atoms with van der Waals surface area (Å²) in [6, 6.07) is 9.45. The molecule has 1 aromatic heterocycles. The van der Waals surface area contributed by atoms with Crippen molar-refractivity contribution in [3.8, 4) is 11.4 Å². The summed E-state index contributed by atoms with van der Waals surface area (Å²) in [7, 11) is 0. The van der Waals surface area contributed by atoms with Gasteiger partial charge < -0.3 is 5.11 Å². The van der Waals surface area contributed by atoms with Crippen LogP contribution in [0.25, 0.3) is 11.4 Å². The molecule has 0 bridgehead atoms. The number of hydrogen-bond acceptors (Lipinski definition) is 4. The van der Waals surface area contributed by atoms with Crippen LogP contribution >= 0.6 is 0 Å². The van der Waals surface area contributed by atoms with E-state index in [1.54, 1.807) is 4.68 Å². The Hall–Kier alpha value is -2.24. The molecule has 0 saturated heterocycles. The smallest absolute Gasteiger partial charge is 0.305 e. The van der Waals surface area contributed by atoms with E-state index in [2.05, 4.69) is 15.5 Å². The number of aliphatic carboxylic acids is 1. The van der Waals surface area contributed by atoms with Gasteiger partial charge in [-0.15, -0.1) is 5.10 Å². The molecule has 1 aliphatic rings. The first-order valence-electron chi connectivity index (χ1n) is 6.31. The maximum absolute atomic E-state index is 11.0. The Labute approximate surface area is 110 Å². The fraction of sp³-hybridized carbons (Fsp3) is 0.385. The first-order chi connectivity index (χ1) is 9.25. The number of hydrogen-bond donors (Lipinski definition) is 1. The van der Waals surface area contributed by atoms with Gasteiger partial charge in [-0.2, -0.15) is 0 Å². The van der Waals surface area contributed by atoms with Crippen LogP contribution in [0, 0.1) is 5.92 Å². The second kappa shape index (κ2) is 4.79. The van der Waals surface area contributed by atoms with E-state index in [-0.39, 0.29) is 12.5 Å². The van der Waals surface area contributed by atoms with E-state index in [0.717, 1.165) is 18.4 Å². The second-order valence-corrected chi connectivity index (χ2v) is 4.82.